The molecule has 0 atom stereocenters. The van der Waals surface area contributed by atoms with Gasteiger partial charge in [-0.25, -0.2) is 4.79 Å². The average molecular weight is 412 g/mol. The van der Waals surface area contributed by atoms with Crippen LogP contribution in [0.15, 0.2) is 45.6 Å². The first-order valence-electron chi connectivity index (χ1n) is 9.17. The van der Waals surface area contributed by atoms with Gasteiger partial charge in [0.2, 0.25) is 5.78 Å². The number of rotatable bonds is 6. The van der Waals surface area contributed by atoms with Crippen LogP contribution in [0.2, 0.25) is 0 Å². The molecular formula is C22H20O8. The largest absolute Gasteiger partial charge is 0.508 e. The molecular weight excluding hydrogens is 392 g/mol. The Morgan fingerprint density at radius 1 is 0.800 bits per heavy atom. The van der Waals surface area contributed by atoms with Gasteiger partial charge in [0.15, 0.2) is 0 Å². The van der Waals surface area contributed by atoms with Crippen molar-refractivity contribution in [1.82, 2.24) is 0 Å². The fraction of sp³-hybridized carbons (Fsp3) is 0.182. The van der Waals surface area contributed by atoms with Crippen molar-refractivity contribution in [2.45, 2.75) is 26.2 Å². The van der Waals surface area contributed by atoms with Crippen molar-refractivity contribution in [1.29, 1.82) is 0 Å². The number of carbonyl (C=O) groups excluding carboxylic acids is 1. The molecule has 30 heavy (non-hydrogen) atoms. The molecule has 0 saturated carbocycles. The van der Waals surface area contributed by atoms with Crippen molar-refractivity contribution in [3.8, 4) is 28.7 Å². The van der Waals surface area contributed by atoms with E-state index in [1.807, 2.05) is 6.92 Å². The molecule has 1 heterocycles. The Bertz CT molecular complexity index is 1180. The molecule has 0 spiro atoms. The summed E-state index contributed by atoms with van der Waals surface area (Å²) in [6, 6.07) is 6.64. The summed E-state index contributed by atoms with van der Waals surface area (Å²) in [6.45, 7) is 1.86. The van der Waals surface area contributed by atoms with E-state index < -0.39 is 22.9 Å². The van der Waals surface area contributed by atoms with Crippen LogP contribution in [0, 0.1) is 0 Å². The Labute approximate surface area is 170 Å². The molecule has 2 aromatic carbocycles. The van der Waals surface area contributed by atoms with Gasteiger partial charge in [0.1, 0.15) is 34.5 Å². The van der Waals surface area contributed by atoms with Crippen LogP contribution in [0.3, 0.4) is 0 Å². The number of aromatic hydroxyl groups is 5. The van der Waals surface area contributed by atoms with Crippen molar-refractivity contribution in [3.63, 3.8) is 0 Å². The van der Waals surface area contributed by atoms with Gasteiger partial charge in [-0.3, -0.25) is 4.79 Å². The van der Waals surface area contributed by atoms with E-state index in [1.54, 1.807) is 0 Å². The number of hydrogen-bond acceptors (Lipinski definition) is 8. The van der Waals surface area contributed by atoms with Crippen LogP contribution in [-0.4, -0.2) is 31.3 Å². The molecule has 0 aliphatic heterocycles. The molecule has 0 aliphatic rings. The van der Waals surface area contributed by atoms with Gasteiger partial charge in [-0.15, -0.1) is 0 Å². The highest BCUT2D eigenvalue weighted by Gasteiger charge is 2.25. The first-order valence-corrected chi connectivity index (χ1v) is 9.17. The quantitative estimate of drug-likeness (QED) is 0.388. The maximum Gasteiger partial charge on any atom is 0.339 e. The Balaban J connectivity index is 2.17. The molecule has 8 heteroatoms. The molecule has 156 valence electrons. The Hall–Kier alpha value is -3.94. The molecule has 0 amide bonds. The molecule has 3 aromatic rings. The van der Waals surface area contributed by atoms with Gasteiger partial charge in [-0.05, 0) is 29.7 Å². The van der Waals surface area contributed by atoms with Crippen LogP contribution in [0.1, 0.15) is 46.2 Å². The smallest absolute Gasteiger partial charge is 0.339 e. The maximum absolute atomic E-state index is 13.3. The normalized spacial score (nSPS) is 10.8. The summed E-state index contributed by atoms with van der Waals surface area (Å²) in [4.78, 5) is 24.8. The maximum atomic E-state index is 13.3. The number of phenolic OH excluding ortho intramolecular Hbond substituents is 4. The van der Waals surface area contributed by atoms with Crippen LogP contribution < -0.4 is 5.63 Å². The lowest BCUT2D eigenvalue weighted by Gasteiger charge is -2.15. The monoisotopic (exact) mass is 412 g/mol. The molecule has 0 saturated heterocycles. The van der Waals surface area contributed by atoms with Crippen molar-refractivity contribution >= 4 is 5.78 Å². The fourth-order valence-corrected chi connectivity index (χ4v) is 3.38. The highest BCUT2D eigenvalue weighted by Crippen LogP contribution is 2.36. The molecule has 3 rings (SSSR count). The second-order valence-electron chi connectivity index (χ2n) is 6.85. The van der Waals surface area contributed by atoms with Crippen molar-refractivity contribution in [2.75, 3.05) is 0 Å². The van der Waals surface area contributed by atoms with Gasteiger partial charge in [0.05, 0.1) is 17.2 Å². The summed E-state index contributed by atoms with van der Waals surface area (Å²) < 4.78 is 5.01. The van der Waals surface area contributed by atoms with Gasteiger partial charge < -0.3 is 29.9 Å². The predicted octanol–water partition coefficient (Wildman–Crippen LogP) is 2.94. The van der Waals surface area contributed by atoms with Gasteiger partial charge in [-0.2, -0.15) is 0 Å². The number of benzene rings is 2. The minimum Gasteiger partial charge on any atom is -0.508 e. The van der Waals surface area contributed by atoms with Gasteiger partial charge in [-0.1, -0.05) is 13.3 Å². The highest BCUT2D eigenvalue weighted by atomic mass is 16.4. The summed E-state index contributed by atoms with van der Waals surface area (Å²) in [5, 5.41) is 50.0. The minimum absolute atomic E-state index is 0.00256. The molecule has 0 unspecified atom stereocenters. The SMILES string of the molecule is CCCc1cc(O)cc(O)c1C(=O)c1c(O)cc(O)cc1Cc1cc(O)cc(=O)o1. The lowest BCUT2D eigenvalue weighted by Crippen LogP contribution is -2.10. The number of hydrogen-bond donors (Lipinski definition) is 5. The summed E-state index contributed by atoms with van der Waals surface area (Å²) in [6.07, 6.45) is 0.819. The predicted molar refractivity (Wildman–Crippen MR) is 106 cm³/mol. The first-order chi connectivity index (χ1) is 14.2. The average Bonchev–Trinajstić information content (AvgIpc) is 2.59. The van der Waals surface area contributed by atoms with Crippen LogP contribution in [0.25, 0.3) is 0 Å². The van der Waals surface area contributed by atoms with E-state index in [4.69, 9.17) is 4.42 Å². The Morgan fingerprint density at radius 3 is 1.90 bits per heavy atom. The van der Waals surface area contributed by atoms with Gasteiger partial charge >= 0.3 is 5.63 Å². The highest BCUT2D eigenvalue weighted by molar-refractivity contribution is 6.14. The third kappa shape index (κ3) is 4.22. The fourth-order valence-electron chi connectivity index (χ4n) is 3.38. The zero-order valence-corrected chi connectivity index (χ0v) is 16.0. The molecule has 5 N–H and O–H groups in total. The lowest BCUT2D eigenvalue weighted by atomic mass is 9.90. The summed E-state index contributed by atoms with van der Waals surface area (Å²) >= 11 is 0. The molecule has 0 bridgehead atoms. The number of aryl methyl sites for hydroxylation is 1. The van der Waals surface area contributed by atoms with E-state index in [0.29, 0.717) is 18.4 Å². The second-order valence-corrected chi connectivity index (χ2v) is 6.85. The van der Waals surface area contributed by atoms with E-state index in [0.717, 1.165) is 18.2 Å². The standard InChI is InChI=1S/C22H20O8/c1-2-3-11-4-13(23)8-17(26)20(11)22(29)21-12(5-14(24)9-18(21)27)6-16-7-15(25)10-19(28)30-16/h4-5,7-10,23-27H,2-3,6H2,1H3. The number of carbonyl (C=O) groups is 1. The topological polar surface area (TPSA) is 148 Å². The number of phenols is 4. The molecule has 0 aliphatic carbocycles. The zero-order valence-electron chi connectivity index (χ0n) is 16.0. The minimum atomic E-state index is -0.802. The molecule has 0 fully saturated rings. The zero-order chi connectivity index (χ0) is 22.0. The summed E-state index contributed by atoms with van der Waals surface area (Å²) in [5.41, 5.74) is -0.599. The second kappa shape index (κ2) is 8.20. The van der Waals surface area contributed by atoms with Crippen LogP contribution >= 0.6 is 0 Å². The van der Waals surface area contributed by atoms with Crippen molar-refractivity contribution in [2.24, 2.45) is 0 Å². The lowest BCUT2D eigenvalue weighted by molar-refractivity contribution is 0.103. The van der Waals surface area contributed by atoms with Crippen LogP contribution in [0.4, 0.5) is 0 Å². The first kappa shape index (κ1) is 20.8. The van der Waals surface area contributed by atoms with Crippen molar-refractivity contribution in [3.05, 3.63) is 74.8 Å². The molecule has 0 radical (unpaired) electrons. The summed E-state index contributed by atoms with van der Waals surface area (Å²) in [7, 11) is 0. The van der Waals surface area contributed by atoms with Crippen LogP contribution in [0.5, 0.6) is 28.7 Å². The summed E-state index contributed by atoms with van der Waals surface area (Å²) in [5.74, 6) is -2.58. The van der Waals surface area contributed by atoms with E-state index in [9.17, 15) is 35.1 Å². The van der Waals surface area contributed by atoms with E-state index in [-0.39, 0.29) is 46.1 Å². The van der Waals surface area contributed by atoms with Crippen LogP contribution in [-0.2, 0) is 12.8 Å². The molecule has 8 nitrogen and oxygen atoms in total. The van der Waals surface area contributed by atoms with Gasteiger partial charge in [0, 0.05) is 24.6 Å². The van der Waals surface area contributed by atoms with E-state index in [1.165, 1.54) is 18.2 Å². The van der Waals surface area contributed by atoms with E-state index >= 15 is 0 Å². The molecule has 1 aromatic heterocycles. The Kier molecular flexibility index (Phi) is 5.68. The number of ketones is 1. The van der Waals surface area contributed by atoms with Gasteiger partial charge in [0.25, 0.3) is 0 Å². The third-order valence-electron chi connectivity index (χ3n) is 4.51. The van der Waals surface area contributed by atoms with E-state index in [2.05, 4.69) is 0 Å². The van der Waals surface area contributed by atoms with Crippen molar-refractivity contribution < 1.29 is 34.7 Å². The Morgan fingerprint density at radius 2 is 1.33 bits per heavy atom. The third-order valence-corrected chi connectivity index (χ3v) is 4.51.